The lowest BCUT2D eigenvalue weighted by molar-refractivity contribution is 0.0515. The van der Waals surface area contributed by atoms with E-state index in [9.17, 15) is 10.2 Å². The monoisotopic (exact) mass is 384 g/mol. The third kappa shape index (κ3) is 3.76. The molecule has 0 aromatic heterocycles. The molecule has 0 saturated heterocycles. The van der Waals surface area contributed by atoms with Gasteiger partial charge in [0.15, 0.2) is 0 Å². The van der Waals surface area contributed by atoms with E-state index in [-0.39, 0.29) is 36.2 Å². The van der Waals surface area contributed by atoms with Gasteiger partial charge in [0.2, 0.25) is 0 Å². The van der Waals surface area contributed by atoms with Gasteiger partial charge in [-0.3, -0.25) is 0 Å². The predicted molar refractivity (Wildman–Crippen MR) is 113 cm³/mol. The molecule has 3 nitrogen and oxygen atoms in total. The van der Waals surface area contributed by atoms with Crippen LogP contribution in [0.1, 0.15) is 33.6 Å². The molecule has 1 aliphatic carbocycles. The molecule has 0 amide bonds. The molecular weight excluding hydrogens is 352 g/mol. The zero-order valence-electron chi connectivity index (χ0n) is 16.6. The molecule has 4 heteroatoms. The second kappa shape index (κ2) is 8.27. The fraction of sp³-hybridized carbons (Fsp3) is 0.478. The first-order chi connectivity index (χ1) is 12.9. The summed E-state index contributed by atoms with van der Waals surface area (Å²) in [5, 5.41) is 22.3. The Bertz CT molecular complexity index is 660. The van der Waals surface area contributed by atoms with Crippen LogP contribution in [0.3, 0.4) is 0 Å². The van der Waals surface area contributed by atoms with E-state index in [1.54, 1.807) is 0 Å². The summed E-state index contributed by atoms with van der Waals surface area (Å²) in [6, 6.07) is 21.1. The standard InChI is InChI=1S/C23H32O3Si/c1-23(2,3)27(20-10-6-4-7-11-20,21-12-8-5-9-13-21)26-22-18(16-24)14-15-19(22)17-25/h4-13,18-19,22,24-25H,14-17H2,1-3H3. The highest BCUT2D eigenvalue weighted by atomic mass is 28.4. The van der Waals surface area contributed by atoms with Gasteiger partial charge in [0.1, 0.15) is 0 Å². The highest BCUT2D eigenvalue weighted by molar-refractivity contribution is 6.99. The Kier molecular flexibility index (Phi) is 6.21. The van der Waals surface area contributed by atoms with Gasteiger partial charge < -0.3 is 14.6 Å². The van der Waals surface area contributed by atoms with E-state index in [4.69, 9.17) is 4.43 Å². The smallest absolute Gasteiger partial charge is 0.261 e. The molecule has 27 heavy (non-hydrogen) atoms. The molecule has 2 aromatic carbocycles. The summed E-state index contributed by atoms with van der Waals surface area (Å²) in [6.45, 7) is 7.00. The SMILES string of the molecule is CC(C)(C)[Si](OC1C(CO)CCC1CO)(c1ccccc1)c1ccccc1. The molecule has 0 aliphatic heterocycles. The highest BCUT2D eigenvalue weighted by Crippen LogP contribution is 2.42. The van der Waals surface area contributed by atoms with Crippen LogP contribution >= 0.6 is 0 Å². The van der Waals surface area contributed by atoms with Crippen molar-refractivity contribution in [3.05, 3.63) is 60.7 Å². The summed E-state index contributed by atoms with van der Waals surface area (Å²) in [4.78, 5) is 0. The molecule has 2 atom stereocenters. The Morgan fingerprint density at radius 3 is 1.56 bits per heavy atom. The minimum absolute atomic E-state index is 0.0869. The quantitative estimate of drug-likeness (QED) is 0.753. The summed E-state index contributed by atoms with van der Waals surface area (Å²) < 4.78 is 7.16. The lowest BCUT2D eigenvalue weighted by atomic mass is 10.0. The molecule has 1 aliphatic rings. The summed E-state index contributed by atoms with van der Waals surface area (Å²) >= 11 is 0. The van der Waals surface area contributed by atoms with Crippen molar-refractivity contribution in [2.45, 2.75) is 44.8 Å². The maximum Gasteiger partial charge on any atom is 0.261 e. The van der Waals surface area contributed by atoms with Crippen LogP contribution in [0.5, 0.6) is 0 Å². The van der Waals surface area contributed by atoms with Crippen LogP contribution in [-0.2, 0) is 4.43 Å². The summed E-state index contributed by atoms with van der Waals surface area (Å²) in [5.41, 5.74) is 0. The van der Waals surface area contributed by atoms with E-state index < -0.39 is 8.32 Å². The van der Waals surface area contributed by atoms with Crippen LogP contribution in [-0.4, -0.2) is 37.8 Å². The Balaban J connectivity index is 2.18. The van der Waals surface area contributed by atoms with Gasteiger partial charge in [0.05, 0.1) is 6.10 Å². The third-order valence-electron chi connectivity index (χ3n) is 6.04. The number of hydrogen-bond acceptors (Lipinski definition) is 3. The molecule has 2 unspecified atom stereocenters. The highest BCUT2D eigenvalue weighted by Gasteiger charge is 2.53. The van der Waals surface area contributed by atoms with Crippen LogP contribution in [0, 0.1) is 11.8 Å². The zero-order valence-corrected chi connectivity index (χ0v) is 17.6. The van der Waals surface area contributed by atoms with Gasteiger partial charge in [0, 0.05) is 25.0 Å². The van der Waals surface area contributed by atoms with Crippen molar-refractivity contribution in [2.75, 3.05) is 13.2 Å². The van der Waals surface area contributed by atoms with E-state index in [2.05, 4.69) is 69.3 Å². The lowest BCUT2D eigenvalue weighted by Gasteiger charge is -2.46. The predicted octanol–water partition coefficient (Wildman–Crippen LogP) is 2.94. The van der Waals surface area contributed by atoms with Gasteiger partial charge in [-0.2, -0.15) is 0 Å². The Morgan fingerprint density at radius 1 is 0.815 bits per heavy atom. The minimum Gasteiger partial charge on any atom is -0.404 e. The number of aliphatic hydroxyl groups is 2. The van der Waals surface area contributed by atoms with E-state index in [0.29, 0.717) is 0 Å². The van der Waals surface area contributed by atoms with Gasteiger partial charge in [-0.05, 0) is 28.3 Å². The minimum atomic E-state index is -2.65. The van der Waals surface area contributed by atoms with Gasteiger partial charge >= 0.3 is 0 Å². The van der Waals surface area contributed by atoms with Gasteiger partial charge in [-0.25, -0.2) is 0 Å². The van der Waals surface area contributed by atoms with E-state index in [0.717, 1.165) is 12.8 Å². The average molecular weight is 385 g/mol. The van der Waals surface area contributed by atoms with E-state index >= 15 is 0 Å². The summed E-state index contributed by atoms with van der Waals surface area (Å²) in [5.74, 6) is 0.174. The molecule has 2 N–H and O–H groups in total. The molecule has 1 fully saturated rings. The molecule has 0 radical (unpaired) electrons. The van der Waals surface area contributed by atoms with Crippen molar-refractivity contribution in [2.24, 2.45) is 11.8 Å². The largest absolute Gasteiger partial charge is 0.404 e. The zero-order chi connectivity index (χ0) is 19.5. The van der Waals surface area contributed by atoms with Crippen molar-refractivity contribution in [3.8, 4) is 0 Å². The first kappa shape index (κ1) is 20.3. The van der Waals surface area contributed by atoms with Crippen LogP contribution in [0.4, 0.5) is 0 Å². The normalized spacial score (nSPS) is 23.5. The van der Waals surface area contributed by atoms with Gasteiger partial charge in [0.25, 0.3) is 8.32 Å². The fourth-order valence-corrected chi connectivity index (χ4v) is 9.43. The summed E-state index contributed by atoms with van der Waals surface area (Å²) in [7, 11) is -2.65. The van der Waals surface area contributed by atoms with Crippen molar-refractivity contribution in [1.29, 1.82) is 0 Å². The Labute approximate surface area is 164 Å². The number of benzene rings is 2. The van der Waals surface area contributed by atoms with Crippen molar-refractivity contribution in [3.63, 3.8) is 0 Å². The molecule has 0 heterocycles. The van der Waals surface area contributed by atoms with Crippen molar-refractivity contribution in [1.82, 2.24) is 0 Å². The molecule has 0 bridgehead atoms. The van der Waals surface area contributed by atoms with Gasteiger partial charge in [-0.1, -0.05) is 81.4 Å². The average Bonchev–Trinajstić information content (AvgIpc) is 3.08. The lowest BCUT2D eigenvalue weighted by Crippen LogP contribution is -2.68. The Hall–Kier alpha value is -1.46. The third-order valence-corrected chi connectivity index (χ3v) is 11.1. The molecule has 0 spiro atoms. The van der Waals surface area contributed by atoms with Crippen LogP contribution < -0.4 is 10.4 Å². The maximum absolute atomic E-state index is 9.94. The van der Waals surface area contributed by atoms with E-state index in [1.165, 1.54) is 10.4 Å². The summed E-state index contributed by atoms with van der Waals surface area (Å²) in [6.07, 6.45) is 1.70. The second-order valence-electron chi connectivity index (χ2n) is 8.71. The molecule has 3 rings (SSSR count). The molecule has 146 valence electrons. The fourth-order valence-electron chi connectivity index (χ4n) is 4.62. The first-order valence-corrected chi connectivity index (χ1v) is 11.9. The number of aliphatic hydroxyl groups excluding tert-OH is 2. The molecule has 1 saturated carbocycles. The van der Waals surface area contributed by atoms with Crippen LogP contribution in [0.2, 0.25) is 5.04 Å². The van der Waals surface area contributed by atoms with Gasteiger partial charge in [-0.15, -0.1) is 0 Å². The molecule has 2 aromatic rings. The number of rotatable bonds is 6. The van der Waals surface area contributed by atoms with Crippen LogP contribution in [0.15, 0.2) is 60.7 Å². The second-order valence-corrected chi connectivity index (χ2v) is 13.0. The first-order valence-electron chi connectivity index (χ1n) is 9.94. The molecular formula is C23H32O3Si. The Morgan fingerprint density at radius 2 is 1.22 bits per heavy atom. The van der Waals surface area contributed by atoms with Crippen LogP contribution in [0.25, 0.3) is 0 Å². The van der Waals surface area contributed by atoms with E-state index in [1.807, 2.05) is 12.1 Å². The van der Waals surface area contributed by atoms with Crippen molar-refractivity contribution >= 4 is 18.7 Å². The maximum atomic E-state index is 9.94. The topological polar surface area (TPSA) is 49.7 Å². The number of hydrogen-bond donors (Lipinski definition) is 2. The van der Waals surface area contributed by atoms with Crippen molar-refractivity contribution < 1.29 is 14.6 Å².